The van der Waals surface area contributed by atoms with Crippen LogP contribution < -0.4 is 4.90 Å². The smallest absolute Gasteiger partial charge is 0.0726 e. The van der Waals surface area contributed by atoms with Crippen LogP contribution in [0.15, 0.2) is 164 Å². The van der Waals surface area contributed by atoms with Gasteiger partial charge in [0.25, 0.3) is 0 Å². The molecule has 4 aliphatic carbocycles. The van der Waals surface area contributed by atoms with Crippen molar-refractivity contribution in [1.29, 1.82) is 0 Å². The summed E-state index contributed by atoms with van der Waals surface area (Å²) < 4.78 is 0. The van der Waals surface area contributed by atoms with Gasteiger partial charge in [-0.25, -0.2) is 0 Å². The van der Waals surface area contributed by atoms with Gasteiger partial charge in [0.15, 0.2) is 0 Å². The van der Waals surface area contributed by atoms with Gasteiger partial charge in [-0.2, -0.15) is 0 Å². The third-order valence-electron chi connectivity index (χ3n) is 15.8. The van der Waals surface area contributed by atoms with Crippen molar-refractivity contribution in [3.63, 3.8) is 0 Å². The van der Waals surface area contributed by atoms with Crippen molar-refractivity contribution >= 4 is 17.1 Å². The van der Waals surface area contributed by atoms with Crippen molar-refractivity contribution < 1.29 is 0 Å². The molecule has 1 heteroatoms. The summed E-state index contributed by atoms with van der Waals surface area (Å²) in [6.45, 7) is 23.7. The van der Waals surface area contributed by atoms with E-state index in [9.17, 15) is 0 Å². The third kappa shape index (κ3) is 5.13. The minimum absolute atomic E-state index is 0.0107. The fourth-order valence-electron chi connectivity index (χ4n) is 12.4. The molecule has 1 nitrogen and oxygen atoms in total. The van der Waals surface area contributed by atoms with Crippen LogP contribution in [0.3, 0.4) is 0 Å². The lowest BCUT2D eigenvalue weighted by Crippen LogP contribution is -2.27. The summed E-state index contributed by atoms with van der Waals surface area (Å²) in [5, 5.41) is 0. The highest BCUT2D eigenvalue weighted by Crippen LogP contribution is 2.64. The molecule has 0 aliphatic heterocycles. The zero-order valence-corrected chi connectivity index (χ0v) is 39.0. The number of hydrogen-bond acceptors (Lipinski definition) is 1. The van der Waals surface area contributed by atoms with Crippen molar-refractivity contribution in [2.75, 3.05) is 4.90 Å². The quantitative estimate of drug-likeness (QED) is 0.171. The molecule has 1 spiro atoms. The van der Waals surface area contributed by atoms with E-state index in [1.807, 2.05) is 0 Å². The second-order valence-corrected chi connectivity index (χ2v) is 22.2. The fraction of sp³-hybridized carbons (Fsp3) is 0.238. The minimum Gasteiger partial charge on any atom is -0.310 e. The summed E-state index contributed by atoms with van der Waals surface area (Å²) in [6.07, 6.45) is 0. The summed E-state index contributed by atoms with van der Waals surface area (Å²) in [6, 6.07) is 63.8. The second-order valence-electron chi connectivity index (χ2n) is 22.2. The van der Waals surface area contributed by atoms with Crippen LogP contribution in [0, 0.1) is 0 Å². The highest BCUT2D eigenvalue weighted by atomic mass is 15.1. The molecule has 4 aliphatic rings. The molecule has 0 N–H and O–H groups in total. The van der Waals surface area contributed by atoms with E-state index < -0.39 is 5.41 Å². The Balaban J connectivity index is 1.14. The lowest BCUT2D eigenvalue weighted by Gasteiger charge is -2.34. The van der Waals surface area contributed by atoms with E-state index in [-0.39, 0.29) is 21.7 Å². The molecule has 0 atom stereocenters. The second kappa shape index (κ2) is 12.9. The first-order valence-corrected chi connectivity index (χ1v) is 23.3. The maximum Gasteiger partial charge on any atom is 0.0726 e. The summed E-state index contributed by atoms with van der Waals surface area (Å²) in [5.74, 6) is 0. The van der Waals surface area contributed by atoms with Gasteiger partial charge in [0.05, 0.1) is 5.41 Å². The first-order chi connectivity index (χ1) is 30.5. The van der Waals surface area contributed by atoms with Gasteiger partial charge in [0, 0.05) is 27.9 Å². The fourth-order valence-corrected chi connectivity index (χ4v) is 12.4. The maximum absolute atomic E-state index is 2.57. The van der Waals surface area contributed by atoms with Crippen LogP contribution in [0.2, 0.25) is 0 Å². The monoisotopic (exact) mass is 827 g/mol. The number of rotatable bonds is 3. The van der Waals surface area contributed by atoms with Crippen LogP contribution in [0.5, 0.6) is 0 Å². The molecular formula is C63H57N. The minimum atomic E-state index is -0.496. The van der Waals surface area contributed by atoms with Gasteiger partial charge in [0.1, 0.15) is 0 Å². The third-order valence-corrected chi connectivity index (χ3v) is 15.8. The van der Waals surface area contributed by atoms with Crippen molar-refractivity contribution in [3.8, 4) is 44.5 Å². The predicted molar refractivity (Wildman–Crippen MR) is 270 cm³/mol. The molecule has 64 heavy (non-hydrogen) atoms. The van der Waals surface area contributed by atoms with Gasteiger partial charge in [0.2, 0.25) is 0 Å². The summed E-state index contributed by atoms with van der Waals surface area (Å²) in [4.78, 5) is 2.56. The molecule has 0 aromatic heterocycles. The predicted octanol–water partition coefficient (Wildman–Crippen LogP) is 16.7. The Bertz CT molecular complexity index is 3130. The summed E-state index contributed by atoms with van der Waals surface area (Å²) >= 11 is 0. The van der Waals surface area contributed by atoms with Crippen molar-refractivity contribution in [1.82, 2.24) is 0 Å². The Kier molecular flexibility index (Phi) is 7.87. The van der Waals surface area contributed by atoms with Crippen LogP contribution in [-0.2, 0) is 27.1 Å². The number of hydrogen-bond donors (Lipinski definition) is 0. The summed E-state index contributed by atoms with van der Waals surface area (Å²) in [5.41, 5.74) is 27.2. The van der Waals surface area contributed by atoms with Gasteiger partial charge >= 0.3 is 0 Å². The van der Waals surface area contributed by atoms with Crippen LogP contribution >= 0.6 is 0 Å². The Morgan fingerprint density at radius 3 is 1.00 bits per heavy atom. The highest BCUT2D eigenvalue weighted by molar-refractivity contribution is 5.97. The first kappa shape index (κ1) is 39.2. The molecule has 8 aromatic carbocycles. The maximum atomic E-state index is 2.57. The SMILES string of the molecule is CC(C)(C)c1ccc2c(c1)C1(c3ccccc3-c3ccc(N(c4ccc5c(c4)C(C)(C)c4ccccc4-5)c4ccc5c(c4)C(C)(C)c4ccccc4-5)cc31)c1cc(C(C)(C)C)ccc1-2. The van der Waals surface area contributed by atoms with Gasteiger partial charge in [-0.3, -0.25) is 0 Å². The molecule has 0 saturated carbocycles. The molecule has 0 amide bonds. The van der Waals surface area contributed by atoms with E-state index >= 15 is 0 Å². The molecule has 0 radical (unpaired) electrons. The van der Waals surface area contributed by atoms with E-state index in [2.05, 4.69) is 238 Å². The Morgan fingerprint density at radius 2 is 0.594 bits per heavy atom. The zero-order chi connectivity index (χ0) is 44.3. The van der Waals surface area contributed by atoms with Crippen LogP contribution in [0.1, 0.15) is 125 Å². The van der Waals surface area contributed by atoms with Crippen LogP contribution in [-0.4, -0.2) is 0 Å². The van der Waals surface area contributed by atoms with E-state index in [1.165, 1.54) is 117 Å². The number of anilines is 3. The molecule has 8 aromatic rings. The lowest BCUT2D eigenvalue weighted by molar-refractivity contribution is 0.586. The zero-order valence-electron chi connectivity index (χ0n) is 39.0. The number of nitrogens with zero attached hydrogens (tertiary/aromatic N) is 1. The van der Waals surface area contributed by atoms with Crippen molar-refractivity contribution in [2.45, 2.75) is 96.3 Å². The van der Waals surface area contributed by atoms with Gasteiger partial charge in [-0.1, -0.05) is 197 Å². The molecule has 314 valence electrons. The van der Waals surface area contributed by atoms with Crippen molar-refractivity contribution in [3.05, 3.63) is 219 Å². The Hall–Kier alpha value is -6.44. The Labute approximate surface area is 380 Å². The van der Waals surface area contributed by atoms with Crippen LogP contribution in [0.4, 0.5) is 17.1 Å². The average Bonchev–Trinajstić information content (AvgIpc) is 3.90. The molecule has 0 unspecified atom stereocenters. The molecule has 0 bridgehead atoms. The first-order valence-electron chi connectivity index (χ1n) is 23.3. The highest BCUT2D eigenvalue weighted by Gasteiger charge is 2.52. The standard InChI is InChI=1S/C63H57N/c1-59(2,3)38-23-28-48-49-29-24-39(60(4,5)6)34-57(49)63(56(48)33-38)53-22-16-13-19-45(53)50-32-27-42(37-58(50)63)64(40-25-30-46-43-17-11-14-20-51(43)61(7,8)54(46)35-40)41-26-31-47-44-18-12-15-21-52(44)62(9,10)55(47)36-41/h11-37H,1-10H3. The van der Waals surface area contributed by atoms with Gasteiger partial charge < -0.3 is 4.90 Å². The van der Waals surface area contributed by atoms with Gasteiger partial charge in [-0.15, -0.1) is 0 Å². The topological polar surface area (TPSA) is 3.24 Å². The van der Waals surface area contributed by atoms with Gasteiger partial charge in [-0.05, 0) is 147 Å². The molecule has 0 heterocycles. The van der Waals surface area contributed by atoms with Crippen molar-refractivity contribution in [2.24, 2.45) is 0 Å². The van der Waals surface area contributed by atoms with E-state index in [0.717, 1.165) is 0 Å². The van der Waals surface area contributed by atoms with Crippen LogP contribution in [0.25, 0.3) is 44.5 Å². The van der Waals surface area contributed by atoms with E-state index in [1.54, 1.807) is 0 Å². The molecular weight excluding hydrogens is 771 g/mol. The molecule has 0 saturated heterocycles. The normalized spacial score (nSPS) is 16.0. The molecule has 12 rings (SSSR count). The summed E-state index contributed by atoms with van der Waals surface area (Å²) in [7, 11) is 0. The number of benzene rings is 8. The average molecular weight is 828 g/mol. The largest absolute Gasteiger partial charge is 0.310 e. The Morgan fingerprint density at radius 1 is 0.297 bits per heavy atom. The number of fused-ring (bicyclic) bond motifs is 16. The molecule has 0 fully saturated rings. The van der Waals surface area contributed by atoms with E-state index in [4.69, 9.17) is 0 Å². The lowest BCUT2D eigenvalue weighted by atomic mass is 9.68. The van der Waals surface area contributed by atoms with E-state index in [0.29, 0.717) is 0 Å².